The highest BCUT2D eigenvalue weighted by Gasteiger charge is 2.26. The monoisotopic (exact) mass is 293 g/mol. The number of likely N-dealkylation sites (tertiary alicyclic amines) is 1. The molecule has 0 amide bonds. The fraction of sp³-hybridized carbons (Fsp3) is 0.533. The first-order valence-corrected chi connectivity index (χ1v) is 7.58. The second-order valence-electron chi connectivity index (χ2n) is 5.82. The Morgan fingerprint density at radius 3 is 2.95 bits per heavy atom. The first-order valence-electron chi connectivity index (χ1n) is 7.20. The second-order valence-corrected chi connectivity index (χ2v) is 6.23. The van der Waals surface area contributed by atoms with Gasteiger partial charge in [-0.3, -0.25) is 9.47 Å². The van der Waals surface area contributed by atoms with Crippen molar-refractivity contribution in [3.05, 3.63) is 33.7 Å². The van der Waals surface area contributed by atoms with Gasteiger partial charge in [-0.2, -0.15) is 0 Å². The number of benzene rings is 1. The summed E-state index contributed by atoms with van der Waals surface area (Å²) in [6.07, 6.45) is 2.15. The maximum absolute atomic E-state index is 12.3. The Bertz CT molecular complexity index is 673. The van der Waals surface area contributed by atoms with Crippen molar-refractivity contribution in [2.45, 2.75) is 38.8 Å². The van der Waals surface area contributed by atoms with Crippen molar-refractivity contribution in [1.29, 1.82) is 0 Å². The first kappa shape index (κ1) is 13.7. The first-order chi connectivity index (χ1) is 9.58. The van der Waals surface area contributed by atoms with Crippen LogP contribution in [0.2, 0.25) is 5.02 Å². The minimum absolute atomic E-state index is 0.0521. The number of H-pyrrole nitrogens is 1. The molecule has 2 heterocycles. The minimum atomic E-state index is -0.0521. The van der Waals surface area contributed by atoms with Gasteiger partial charge in [-0.15, -0.1) is 0 Å². The van der Waals surface area contributed by atoms with Crippen LogP contribution in [0.4, 0.5) is 0 Å². The molecule has 3 rings (SSSR count). The van der Waals surface area contributed by atoms with E-state index in [0.717, 1.165) is 37.0 Å². The van der Waals surface area contributed by atoms with Gasteiger partial charge < -0.3 is 4.98 Å². The van der Waals surface area contributed by atoms with Crippen molar-refractivity contribution < 1.29 is 0 Å². The third-order valence-electron chi connectivity index (χ3n) is 4.21. The zero-order valence-electron chi connectivity index (χ0n) is 11.9. The summed E-state index contributed by atoms with van der Waals surface area (Å²) in [5.41, 5.74) is 1.61. The molecule has 1 saturated heterocycles. The summed E-state index contributed by atoms with van der Waals surface area (Å²) in [5.74, 6) is 0. The average molecular weight is 294 g/mol. The van der Waals surface area contributed by atoms with Crippen LogP contribution in [0, 0.1) is 0 Å². The number of fused-ring (bicyclic) bond motifs is 1. The standard InChI is InChI=1S/C15H20ClN3O/c1-10(2)18-8-4-5-11(9-18)19-14-12(16)6-3-7-13(14)17-15(19)20/h3,6-7,10-11H,4-5,8-9H2,1-2H3,(H,17,20). The van der Waals surface area contributed by atoms with E-state index in [1.165, 1.54) is 0 Å². The van der Waals surface area contributed by atoms with Crippen molar-refractivity contribution in [2.75, 3.05) is 13.1 Å². The zero-order valence-corrected chi connectivity index (χ0v) is 12.7. The van der Waals surface area contributed by atoms with E-state index >= 15 is 0 Å². The lowest BCUT2D eigenvalue weighted by Gasteiger charge is -2.35. The zero-order chi connectivity index (χ0) is 14.3. The van der Waals surface area contributed by atoms with Crippen molar-refractivity contribution >= 4 is 22.6 Å². The number of piperidine rings is 1. The molecule has 0 radical (unpaired) electrons. The Kier molecular flexibility index (Phi) is 3.61. The second kappa shape index (κ2) is 5.26. The van der Waals surface area contributed by atoms with Gasteiger partial charge in [0.1, 0.15) is 0 Å². The lowest BCUT2D eigenvalue weighted by molar-refractivity contribution is 0.143. The molecule has 1 N–H and O–H groups in total. The molecule has 1 atom stereocenters. The number of rotatable bonds is 2. The van der Waals surface area contributed by atoms with Crippen LogP contribution in [-0.4, -0.2) is 33.6 Å². The van der Waals surface area contributed by atoms with E-state index < -0.39 is 0 Å². The average Bonchev–Trinajstić information content (AvgIpc) is 2.76. The molecule has 1 fully saturated rings. The summed E-state index contributed by atoms with van der Waals surface area (Å²) in [5, 5.41) is 0.641. The van der Waals surface area contributed by atoms with E-state index in [2.05, 4.69) is 23.7 Å². The van der Waals surface area contributed by atoms with Gasteiger partial charge in [0.15, 0.2) is 0 Å². The number of hydrogen-bond acceptors (Lipinski definition) is 2. The number of aromatic nitrogens is 2. The van der Waals surface area contributed by atoms with Gasteiger partial charge in [-0.05, 0) is 45.4 Å². The molecule has 0 spiro atoms. The predicted molar refractivity (Wildman–Crippen MR) is 82.5 cm³/mol. The van der Waals surface area contributed by atoms with Gasteiger partial charge in [-0.1, -0.05) is 17.7 Å². The third-order valence-corrected chi connectivity index (χ3v) is 4.52. The van der Waals surface area contributed by atoms with Crippen LogP contribution in [-0.2, 0) is 0 Å². The molecule has 1 aromatic carbocycles. The van der Waals surface area contributed by atoms with E-state index in [-0.39, 0.29) is 11.7 Å². The molecular weight excluding hydrogens is 274 g/mol. The Morgan fingerprint density at radius 1 is 1.40 bits per heavy atom. The Labute approximate surface area is 123 Å². The number of halogens is 1. The van der Waals surface area contributed by atoms with Crippen molar-refractivity contribution in [3.8, 4) is 0 Å². The fourth-order valence-corrected chi connectivity index (χ4v) is 3.42. The SMILES string of the molecule is CC(C)N1CCCC(n2c(=O)[nH]c3cccc(Cl)c32)C1. The minimum Gasteiger partial charge on any atom is -0.305 e. The van der Waals surface area contributed by atoms with Gasteiger partial charge in [0.05, 0.1) is 22.1 Å². The normalized spacial score (nSPS) is 20.9. The van der Waals surface area contributed by atoms with Crippen LogP contribution in [0.3, 0.4) is 0 Å². The van der Waals surface area contributed by atoms with E-state index in [1.54, 1.807) is 0 Å². The van der Waals surface area contributed by atoms with Gasteiger partial charge in [0, 0.05) is 12.6 Å². The maximum Gasteiger partial charge on any atom is 0.326 e. The van der Waals surface area contributed by atoms with E-state index in [4.69, 9.17) is 11.6 Å². The maximum atomic E-state index is 12.3. The lowest BCUT2D eigenvalue weighted by Crippen LogP contribution is -2.42. The van der Waals surface area contributed by atoms with E-state index in [0.29, 0.717) is 11.1 Å². The quantitative estimate of drug-likeness (QED) is 0.925. The predicted octanol–water partition coefficient (Wildman–Crippen LogP) is 3.03. The van der Waals surface area contributed by atoms with E-state index in [1.807, 2.05) is 22.8 Å². The van der Waals surface area contributed by atoms with Gasteiger partial charge in [0.2, 0.25) is 0 Å². The summed E-state index contributed by atoms with van der Waals surface area (Å²) >= 11 is 6.30. The molecule has 1 aliphatic heterocycles. The van der Waals surface area contributed by atoms with Crippen molar-refractivity contribution in [2.24, 2.45) is 0 Å². The van der Waals surface area contributed by atoms with Crippen LogP contribution < -0.4 is 5.69 Å². The third kappa shape index (κ3) is 2.27. The number of aromatic amines is 1. The molecule has 4 nitrogen and oxygen atoms in total. The van der Waals surface area contributed by atoms with E-state index in [9.17, 15) is 4.79 Å². The Hall–Kier alpha value is -1.26. The molecular formula is C15H20ClN3O. The summed E-state index contributed by atoms with van der Waals surface area (Å²) in [6.45, 7) is 6.43. The number of hydrogen-bond donors (Lipinski definition) is 1. The molecule has 108 valence electrons. The van der Waals surface area contributed by atoms with Crippen molar-refractivity contribution in [3.63, 3.8) is 0 Å². The molecule has 2 aromatic rings. The molecule has 1 unspecified atom stereocenters. The molecule has 0 saturated carbocycles. The highest BCUT2D eigenvalue weighted by molar-refractivity contribution is 6.34. The molecule has 0 aliphatic carbocycles. The van der Waals surface area contributed by atoms with Crippen LogP contribution >= 0.6 is 11.6 Å². The Balaban J connectivity index is 2.06. The summed E-state index contributed by atoms with van der Waals surface area (Å²) in [7, 11) is 0. The molecule has 0 bridgehead atoms. The summed E-state index contributed by atoms with van der Waals surface area (Å²) < 4.78 is 1.85. The summed E-state index contributed by atoms with van der Waals surface area (Å²) in [6, 6.07) is 6.33. The number of para-hydroxylation sites is 1. The smallest absolute Gasteiger partial charge is 0.305 e. The Morgan fingerprint density at radius 2 is 2.20 bits per heavy atom. The lowest BCUT2D eigenvalue weighted by atomic mass is 10.0. The van der Waals surface area contributed by atoms with Gasteiger partial charge in [-0.25, -0.2) is 4.79 Å². The van der Waals surface area contributed by atoms with Gasteiger partial charge in [0.25, 0.3) is 0 Å². The van der Waals surface area contributed by atoms with Crippen molar-refractivity contribution in [1.82, 2.24) is 14.5 Å². The highest BCUT2D eigenvalue weighted by Crippen LogP contribution is 2.28. The molecule has 1 aliphatic rings. The van der Waals surface area contributed by atoms with Crippen LogP contribution in [0.25, 0.3) is 11.0 Å². The largest absolute Gasteiger partial charge is 0.326 e. The molecule has 20 heavy (non-hydrogen) atoms. The summed E-state index contributed by atoms with van der Waals surface area (Å²) in [4.78, 5) is 17.6. The van der Waals surface area contributed by atoms with Crippen LogP contribution in [0.1, 0.15) is 32.7 Å². The number of nitrogens with one attached hydrogen (secondary N) is 1. The molecule has 5 heteroatoms. The van der Waals surface area contributed by atoms with Gasteiger partial charge >= 0.3 is 5.69 Å². The highest BCUT2D eigenvalue weighted by atomic mass is 35.5. The van der Waals surface area contributed by atoms with Crippen LogP contribution in [0.5, 0.6) is 0 Å². The molecule has 1 aromatic heterocycles. The topological polar surface area (TPSA) is 41.0 Å². The number of imidazole rings is 1. The fourth-order valence-electron chi connectivity index (χ4n) is 3.15. The number of nitrogens with zero attached hydrogens (tertiary/aromatic N) is 2. The van der Waals surface area contributed by atoms with Crippen LogP contribution in [0.15, 0.2) is 23.0 Å².